The predicted molar refractivity (Wildman–Crippen MR) is 118 cm³/mol. The van der Waals surface area contributed by atoms with Crippen molar-refractivity contribution in [1.29, 1.82) is 0 Å². The van der Waals surface area contributed by atoms with E-state index in [0.717, 1.165) is 11.1 Å². The molecule has 0 aliphatic rings. The summed E-state index contributed by atoms with van der Waals surface area (Å²) in [6.45, 7) is 7.39. The minimum Gasteiger partial charge on any atom is -0.377 e. The van der Waals surface area contributed by atoms with E-state index in [1.807, 2.05) is 6.92 Å². The molecule has 0 atom stereocenters. The Bertz CT molecular complexity index is 833. The highest BCUT2D eigenvalue weighted by Crippen LogP contribution is 2.12. The van der Waals surface area contributed by atoms with Gasteiger partial charge < -0.3 is 18.9 Å². The lowest BCUT2D eigenvalue weighted by Crippen LogP contribution is -2.15. The van der Waals surface area contributed by atoms with Gasteiger partial charge in [-0.25, -0.2) is 0 Å². The van der Waals surface area contributed by atoms with Crippen molar-refractivity contribution in [1.82, 2.24) is 0 Å². The lowest BCUT2D eigenvalue weighted by Gasteiger charge is -2.08. The Labute approximate surface area is 185 Å². The van der Waals surface area contributed by atoms with Gasteiger partial charge >= 0.3 is 0 Å². The van der Waals surface area contributed by atoms with Crippen LogP contribution in [0.15, 0.2) is 53.4 Å². The molecule has 0 N–H and O–H groups in total. The van der Waals surface area contributed by atoms with Crippen molar-refractivity contribution < 1.29 is 31.5 Å². The van der Waals surface area contributed by atoms with Gasteiger partial charge in [0.1, 0.15) is 0 Å². The van der Waals surface area contributed by atoms with Gasteiger partial charge in [-0.05, 0) is 31.5 Å². The van der Waals surface area contributed by atoms with Gasteiger partial charge in [0.25, 0.3) is 10.1 Å². The molecule has 2 aromatic carbocycles. The largest absolute Gasteiger partial charge is 0.377 e. The molecule has 0 saturated heterocycles. The second-order valence-corrected chi connectivity index (χ2v) is 8.58. The molecule has 0 amide bonds. The van der Waals surface area contributed by atoms with E-state index in [1.54, 1.807) is 12.1 Å². The molecule has 0 radical (unpaired) electrons. The Morgan fingerprint density at radius 2 is 1.00 bits per heavy atom. The smallest absolute Gasteiger partial charge is 0.297 e. The van der Waals surface area contributed by atoms with Crippen LogP contribution in [0.25, 0.3) is 0 Å². The Balaban J connectivity index is 1.37. The zero-order valence-corrected chi connectivity index (χ0v) is 19.1. The summed E-state index contributed by atoms with van der Waals surface area (Å²) in [7, 11) is -3.75. The molecule has 0 aromatic heterocycles. The van der Waals surface area contributed by atoms with Gasteiger partial charge in [-0.1, -0.05) is 47.5 Å². The number of hydrogen-bond acceptors (Lipinski definition) is 7. The molecule has 0 saturated carbocycles. The summed E-state index contributed by atoms with van der Waals surface area (Å²) in [5.74, 6) is 0. The van der Waals surface area contributed by atoms with Crippen LogP contribution in [0.5, 0.6) is 0 Å². The maximum Gasteiger partial charge on any atom is 0.297 e. The highest BCUT2D eigenvalue weighted by Gasteiger charge is 2.14. The Morgan fingerprint density at radius 3 is 1.52 bits per heavy atom. The van der Waals surface area contributed by atoms with Crippen molar-refractivity contribution in [2.45, 2.75) is 25.3 Å². The first-order chi connectivity index (χ1) is 15.0. The van der Waals surface area contributed by atoms with Gasteiger partial charge in [-0.3, -0.25) is 4.18 Å². The third-order valence-electron chi connectivity index (χ3n) is 4.28. The first-order valence-corrected chi connectivity index (χ1v) is 11.7. The molecule has 7 nitrogen and oxygen atoms in total. The minimum atomic E-state index is -3.75. The van der Waals surface area contributed by atoms with Gasteiger partial charge in [-0.2, -0.15) is 8.42 Å². The average Bonchev–Trinajstić information content (AvgIpc) is 2.75. The topological polar surface area (TPSA) is 80.3 Å². The minimum absolute atomic E-state index is 0.0398. The van der Waals surface area contributed by atoms with Crippen molar-refractivity contribution in [2.75, 3.05) is 52.9 Å². The number of aryl methyl sites for hydroxylation is 2. The first-order valence-electron chi connectivity index (χ1n) is 10.3. The highest BCUT2D eigenvalue weighted by atomic mass is 32.2. The molecule has 2 aromatic rings. The molecule has 0 heterocycles. The maximum absolute atomic E-state index is 12.0. The summed E-state index contributed by atoms with van der Waals surface area (Å²) in [6, 6.07) is 14.8. The SMILES string of the molecule is Cc1ccc(COCCOCCOCCOCCOS(=O)(=O)c2ccc(C)cc2)cc1. The molecule has 0 fully saturated rings. The molecule has 0 aliphatic heterocycles. The number of benzene rings is 2. The van der Waals surface area contributed by atoms with Crippen LogP contribution in [0.4, 0.5) is 0 Å². The number of hydrogen-bond donors (Lipinski definition) is 0. The Morgan fingerprint density at radius 1 is 0.581 bits per heavy atom. The van der Waals surface area contributed by atoms with Crippen molar-refractivity contribution in [3.05, 3.63) is 65.2 Å². The molecular formula is C23H32O7S. The Hall–Kier alpha value is -1.81. The average molecular weight is 453 g/mol. The third kappa shape index (κ3) is 10.9. The van der Waals surface area contributed by atoms with Crippen molar-refractivity contribution in [3.8, 4) is 0 Å². The van der Waals surface area contributed by atoms with Gasteiger partial charge in [-0.15, -0.1) is 0 Å². The molecule has 0 unspecified atom stereocenters. The molecule has 0 bridgehead atoms. The molecule has 2 rings (SSSR count). The van der Waals surface area contributed by atoms with E-state index in [1.165, 1.54) is 17.7 Å². The fraction of sp³-hybridized carbons (Fsp3) is 0.478. The predicted octanol–water partition coefficient (Wildman–Crippen LogP) is 3.28. The fourth-order valence-electron chi connectivity index (χ4n) is 2.51. The summed E-state index contributed by atoms with van der Waals surface area (Å²) in [5, 5.41) is 0. The van der Waals surface area contributed by atoms with Crippen molar-refractivity contribution in [2.24, 2.45) is 0 Å². The van der Waals surface area contributed by atoms with E-state index in [4.69, 9.17) is 23.1 Å². The van der Waals surface area contributed by atoms with Crippen LogP contribution in [0.3, 0.4) is 0 Å². The summed E-state index contributed by atoms with van der Waals surface area (Å²) in [4.78, 5) is 0.141. The maximum atomic E-state index is 12.0. The van der Waals surface area contributed by atoms with Crippen LogP contribution in [0.2, 0.25) is 0 Å². The molecule has 0 spiro atoms. The molecule has 172 valence electrons. The van der Waals surface area contributed by atoms with Gasteiger partial charge in [0.05, 0.1) is 64.4 Å². The van der Waals surface area contributed by atoms with E-state index < -0.39 is 10.1 Å². The van der Waals surface area contributed by atoms with Crippen LogP contribution in [-0.2, 0) is 39.9 Å². The van der Waals surface area contributed by atoms with Crippen LogP contribution in [-0.4, -0.2) is 61.3 Å². The molecular weight excluding hydrogens is 420 g/mol. The van der Waals surface area contributed by atoms with E-state index in [-0.39, 0.29) is 18.1 Å². The normalized spacial score (nSPS) is 11.7. The van der Waals surface area contributed by atoms with E-state index >= 15 is 0 Å². The van der Waals surface area contributed by atoms with Gasteiger partial charge in [0, 0.05) is 0 Å². The van der Waals surface area contributed by atoms with Crippen molar-refractivity contribution in [3.63, 3.8) is 0 Å². The van der Waals surface area contributed by atoms with E-state index in [9.17, 15) is 8.42 Å². The number of rotatable bonds is 16. The summed E-state index contributed by atoms with van der Waals surface area (Å²) in [5.41, 5.74) is 3.36. The molecule has 8 heteroatoms. The zero-order valence-electron chi connectivity index (χ0n) is 18.2. The highest BCUT2D eigenvalue weighted by molar-refractivity contribution is 7.86. The van der Waals surface area contributed by atoms with Gasteiger partial charge in [0.15, 0.2) is 0 Å². The van der Waals surface area contributed by atoms with Crippen LogP contribution < -0.4 is 0 Å². The van der Waals surface area contributed by atoms with Crippen molar-refractivity contribution >= 4 is 10.1 Å². The van der Waals surface area contributed by atoms with Crippen LogP contribution >= 0.6 is 0 Å². The van der Waals surface area contributed by atoms with E-state index in [0.29, 0.717) is 46.2 Å². The summed E-state index contributed by atoms with van der Waals surface area (Å²) in [6.07, 6.45) is 0. The number of ether oxygens (including phenoxy) is 4. The third-order valence-corrected chi connectivity index (χ3v) is 5.61. The lowest BCUT2D eigenvalue weighted by molar-refractivity contribution is -0.00642. The van der Waals surface area contributed by atoms with Gasteiger partial charge in [0.2, 0.25) is 0 Å². The lowest BCUT2D eigenvalue weighted by atomic mass is 10.2. The molecule has 0 aliphatic carbocycles. The Kier molecular flexibility index (Phi) is 11.7. The summed E-state index contributed by atoms with van der Waals surface area (Å²) >= 11 is 0. The fourth-order valence-corrected chi connectivity index (χ4v) is 3.40. The van der Waals surface area contributed by atoms with E-state index in [2.05, 4.69) is 31.2 Å². The standard InChI is InChI=1S/C23H32O7S/c1-20-3-7-22(8-4-20)19-29-16-15-27-12-11-26-13-14-28-17-18-30-31(24,25)23-9-5-21(2)6-10-23/h3-10H,11-19H2,1-2H3. The summed E-state index contributed by atoms with van der Waals surface area (Å²) < 4.78 is 50.7. The van der Waals surface area contributed by atoms with Crippen LogP contribution in [0.1, 0.15) is 16.7 Å². The quantitative estimate of drug-likeness (QED) is 0.286. The molecule has 31 heavy (non-hydrogen) atoms. The zero-order chi connectivity index (χ0) is 22.4. The van der Waals surface area contributed by atoms with Crippen LogP contribution in [0, 0.1) is 13.8 Å². The first kappa shape index (κ1) is 25.5. The second-order valence-electron chi connectivity index (χ2n) is 6.96. The monoisotopic (exact) mass is 452 g/mol. The second kappa shape index (κ2) is 14.3.